The number of aromatic nitrogens is 2. The second-order valence-corrected chi connectivity index (χ2v) is 6.79. The summed E-state index contributed by atoms with van der Waals surface area (Å²) in [6, 6.07) is 10.2. The number of benzene rings is 1. The summed E-state index contributed by atoms with van der Waals surface area (Å²) in [5.41, 5.74) is 3.31. The maximum absolute atomic E-state index is 12.2. The number of rotatable bonds is 6. The van der Waals surface area contributed by atoms with E-state index >= 15 is 0 Å². The molecule has 3 aromatic rings. The first-order valence-electron chi connectivity index (χ1n) is 9.12. The number of fused-ring (bicyclic) bond motifs is 1. The average molecular weight is 366 g/mol. The highest BCUT2D eigenvalue weighted by Crippen LogP contribution is 2.33. The van der Waals surface area contributed by atoms with Crippen molar-refractivity contribution in [2.45, 2.75) is 25.2 Å². The topological polar surface area (TPSA) is 84.4 Å². The minimum atomic E-state index is -0.00512. The molecule has 1 aromatic carbocycles. The van der Waals surface area contributed by atoms with E-state index in [0.29, 0.717) is 37.0 Å². The van der Waals surface area contributed by atoms with Crippen molar-refractivity contribution in [1.82, 2.24) is 15.5 Å². The Morgan fingerprint density at radius 1 is 1.33 bits per heavy atom. The maximum atomic E-state index is 12.2. The summed E-state index contributed by atoms with van der Waals surface area (Å²) in [4.78, 5) is 18.8. The zero-order valence-electron chi connectivity index (χ0n) is 15.2. The Morgan fingerprint density at radius 2 is 2.22 bits per heavy atom. The zero-order valence-corrected chi connectivity index (χ0v) is 15.2. The molecule has 0 saturated heterocycles. The lowest BCUT2D eigenvalue weighted by Crippen LogP contribution is -2.34. The second kappa shape index (κ2) is 7.65. The molecule has 1 N–H and O–H groups in total. The van der Waals surface area contributed by atoms with Gasteiger partial charge < -0.3 is 19.2 Å². The molecule has 4 rings (SSSR count). The Hall–Kier alpha value is -3.09. The van der Waals surface area contributed by atoms with Gasteiger partial charge in [-0.3, -0.25) is 4.79 Å². The van der Waals surface area contributed by atoms with Crippen LogP contribution in [0.15, 0.2) is 51.8 Å². The van der Waals surface area contributed by atoms with Crippen molar-refractivity contribution < 1.29 is 13.7 Å². The van der Waals surface area contributed by atoms with Crippen molar-refractivity contribution >= 4 is 11.6 Å². The zero-order chi connectivity index (χ0) is 18.6. The standard InChI is InChI=1S/C20H22N4O3/c1-24-10-8-14(16-4-2-3-5-17(16)24)12-21-18(25)6-7-19-22-20(23-27-19)15-9-11-26-13-15/h2-5,9,11,13-14H,6-8,10,12H2,1H3,(H,21,25)/t14-/m0/s1. The number of furan rings is 1. The minimum absolute atomic E-state index is 0.00512. The van der Waals surface area contributed by atoms with E-state index in [1.54, 1.807) is 18.6 Å². The third kappa shape index (κ3) is 3.86. The summed E-state index contributed by atoms with van der Waals surface area (Å²) in [5.74, 6) is 1.26. The number of nitrogens with one attached hydrogen (secondary N) is 1. The molecular weight excluding hydrogens is 344 g/mol. The molecule has 140 valence electrons. The van der Waals surface area contributed by atoms with Crippen LogP contribution in [0.3, 0.4) is 0 Å². The lowest BCUT2D eigenvalue weighted by Gasteiger charge is -2.33. The molecule has 2 aromatic heterocycles. The van der Waals surface area contributed by atoms with Gasteiger partial charge in [-0.15, -0.1) is 0 Å². The van der Waals surface area contributed by atoms with Gasteiger partial charge in [0.25, 0.3) is 0 Å². The van der Waals surface area contributed by atoms with Gasteiger partial charge >= 0.3 is 0 Å². The summed E-state index contributed by atoms with van der Waals surface area (Å²) in [5, 5.41) is 6.96. The third-order valence-corrected chi connectivity index (χ3v) is 4.96. The van der Waals surface area contributed by atoms with Crippen LogP contribution in [-0.4, -0.2) is 36.2 Å². The molecule has 7 nitrogen and oxygen atoms in total. The van der Waals surface area contributed by atoms with Gasteiger partial charge in [-0.25, -0.2) is 0 Å². The number of amides is 1. The number of carbonyl (C=O) groups excluding carboxylic acids is 1. The molecule has 0 aliphatic carbocycles. The van der Waals surface area contributed by atoms with E-state index in [2.05, 4.69) is 51.7 Å². The van der Waals surface area contributed by atoms with E-state index in [0.717, 1.165) is 18.5 Å². The van der Waals surface area contributed by atoms with E-state index in [4.69, 9.17) is 8.94 Å². The fraction of sp³-hybridized carbons (Fsp3) is 0.350. The highest BCUT2D eigenvalue weighted by Gasteiger charge is 2.23. The van der Waals surface area contributed by atoms with Crippen molar-refractivity contribution in [2.75, 3.05) is 25.0 Å². The molecule has 0 radical (unpaired) electrons. The van der Waals surface area contributed by atoms with Crippen molar-refractivity contribution in [3.63, 3.8) is 0 Å². The Balaban J connectivity index is 1.29. The van der Waals surface area contributed by atoms with Gasteiger partial charge in [-0.05, 0) is 24.1 Å². The van der Waals surface area contributed by atoms with Gasteiger partial charge in [-0.1, -0.05) is 23.4 Å². The summed E-state index contributed by atoms with van der Waals surface area (Å²) in [7, 11) is 2.11. The van der Waals surface area contributed by atoms with Crippen LogP contribution in [0.4, 0.5) is 5.69 Å². The van der Waals surface area contributed by atoms with Crippen LogP contribution in [-0.2, 0) is 11.2 Å². The first-order chi connectivity index (χ1) is 13.2. The van der Waals surface area contributed by atoms with Gasteiger partial charge in [0, 0.05) is 44.6 Å². The van der Waals surface area contributed by atoms with E-state index in [-0.39, 0.29) is 5.91 Å². The number of anilines is 1. The lowest BCUT2D eigenvalue weighted by molar-refractivity contribution is -0.121. The highest BCUT2D eigenvalue weighted by atomic mass is 16.5. The van der Waals surface area contributed by atoms with Crippen LogP contribution >= 0.6 is 0 Å². The van der Waals surface area contributed by atoms with E-state index in [9.17, 15) is 4.79 Å². The van der Waals surface area contributed by atoms with E-state index < -0.39 is 0 Å². The molecule has 3 heterocycles. The molecule has 0 saturated carbocycles. The average Bonchev–Trinajstić information content (AvgIpc) is 3.38. The number of carbonyl (C=O) groups is 1. The quantitative estimate of drug-likeness (QED) is 0.722. The third-order valence-electron chi connectivity index (χ3n) is 4.96. The van der Waals surface area contributed by atoms with Gasteiger partial charge in [0.05, 0.1) is 11.8 Å². The Labute approximate surface area is 157 Å². The van der Waals surface area contributed by atoms with Crippen LogP contribution in [0.5, 0.6) is 0 Å². The number of aryl methyl sites for hydroxylation is 1. The highest BCUT2D eigenvalue weighted by molar-refractivity contribution is 5.76. The van der Waals surface area contributed by atoms with Gasteiger partial charge in [0.1, 0.15) is 6.26 Å². The monoisotopic (exact) mass is 366 g/mol. The van der Waals surface area contributed by atoms with Crippen LogP contribution in [0.2, 0.25) is 0 Å². The molecule has 27 heavy (non-hydrogen) atoms. The molecule has 0 fully saturated rings. The second-order valence-electron chi connectivity index (χ2n) is 6.79. The van der Waals surface area contributed by atoms with Crippen molar-refractivity contribution in [3.8, 4) is 11.4 Å². The van der Waals surface area contributed by atoms with Gasteiger partial charge in [-0.2, -0.15) is 4.98 Å². The first kappa shape index (κ1) is 17.3. The van der Waals surface area contributed by atoms with E-state index in [1.807, 2.05) is 0 Å². The molecular formula is C20H22N4O3. The summed E-state index contributed by atoms with van der Waals surface area (Å²) < 4.78 is 10.2. The molecule has 1 amide bonds. The van der Waals surface area contributed by atoms with Crippen LogP contribution < -0.4 is 10.2 Å². The van der Waals surface area contributed by atoms with Crippen LogP contribution in [0.25, 0.3) is 11.4 Å². The van der Waals surface area contributed by atoms with Crippen molar-refractivity contribution in [2.24, 2.45) is 0 Å². The molecule has 0 unspecified atom stereocenters. The molecule has 0 bridgehead atoms. The predicted molar refractivity (Wildman–Crippen MR) is 100 cm³/mol. The molecule has 7 heteroatoms. The van der Waals surface area contributed by atoms with Gasteiger partial charge in [0.2, 0.25) is 17.6 Å². The number of para-hydroxylation sites is 1. The molecule has 0 spiro atoms. The minimum Gasteiger partial charge on any atom is -0.472 e. The fourth-order valence-corrected chi connectivity index (χ4v) is 3.43. The largest absolute Gasteiger partial charge is 0.472 e. The SMILES string of the molecule is CN1CC[C@@H](CNC(=O)CCc2nc(-c3ccoc3)no2)c2ccccc21. The summed E-state index contributed by atoms with van der Waals surface area (Å²) in [6.07, 6.45) is 4.88. The smallest absolute Gasteiger partial charge is 0.227 e. The molecule has 1 aliphatic heterocycles. The number of nitrogens with zero attached hydrogens (tertiary/aromatic N) is 3. The van der Waals surface area contributed by atoms with Crippen LogP contribution in [0.1, 0.15) is 30.2 Å². The predicted octanol–water partition coefficient (Wildman–Crippen LogP) is 3.00. The molecule has 1 aliphatic rings. The number of hydrogen-bond donors (Lipinski definition) is 1. The Bertz CT molecular complexity index is 904. The van der Waals surface area contributed by atoms with E-state index in [1.165, 1.54) is 11.3 Å². The number of hydrogen-bond acceptors (Lipinski definition) is 6. The summed E-state index contributed by atoms with van der Waals surface area (Å²) >= 11 is 0. The fourth-order valence-electron chi connectivity index (χ4n) is 3.43. The van der Waals surface area contributed by atoms with Gasteiger partial charge in [0.15, 0.2) is 0 Å². The Morgan fingerprint density at radius 3 is 3.07 bits per heavy atom. The maximum Gasteiger partial charge on any atom is 0.227 e. The van der Waals surface area contributed by atoms with Crippen LogP contribution in [0, 0.1) is 0 Å². The molecule has 1 atom stereocenters. The summed E-state index contributed by atoms with van der Waals surface area (Å²) in [6.45, 7) is 1.64. The normalized spacial score (nSPS) is 16.2. The Kier molecular flexibility index (Phi) is 4.91. The van der Waals surface area contributed by atoms with Crippen molar-refractivity contribution in [3.05, 3.63) is 54.3 Å². The first-order valence-corrected chi connectivity index (χ1v) is 9.12. The lowest BCUT2D eigenvalue weighted by atomic mass is 9.90. The van der Waals surface area contributed by atoms with Crippen molar-refractivity contribution in [1.29, 1.82) is 0 Å².